The van der Waals surface area contributed by atoms with Gasteiger partial charge >= 0.3 is 5.97 Å². The van der Waals surface area contributed by atoms with E-state index in [1.807, 2.05) is 30.3 Å². The summed E-state index contributed by atoms with van der Waals surface area (Å²) in [7, 11) is 1.34. The van der Waals surface area contributed by atoms with E-state index in [0.29, 0.717) is 17.9 Å². The van der Waals surface area contributed by atoms with E-state index < -0.39 is 5.97 Å². The van der Waals surface area contributed by atoms with Crippen molar-refractivity contribution in [3.05, 3.63) is 53.6 Å². The molecule has 2 aromatic rings. The second-order valence-corrected chi connectivity index (χ2v) is 4.84. The summed E-state index contributed by atoms with van der Waals surface area (Å²) in [5.74, 6) is 0.442. The standard InChI is InChI=1S/C16H16N2O3/c1-20-16(19)12-8-10(6-7-13(12)17)18-14-9-21-15-5-3-2-4-11(14)15/h2-8,14,18H,9,17H2,1H3. The van der Waals surface area contributed by atoms with Crippen molar-refractivity contribution in [2.24, 2.45) is 0 Å². The van der Waals surface area contributed by atoms with Gasteiger partial charge in [0, 0.05) is 16.9 Å². The molecule has 3 rings (SSSR count). The van der Waals surface area contributed by atoms with Crippen LogP contribution in [-0.4, -0.2) is 19.7 Å². The third-order valence-electron chi connectivity index (χ3n) is 3.50. The predicted octanol–water partition coefficient (Wildman–Crippen LogP) is 2.60. The first-order valence-corrected chi connectivity index (χ1v) is 6.65. The largest absolute Gasteiger partial charge is 0.491 e. The Kier molecular flexibility index (Phi) is 3.39. The molecule has 1 heterocycles. The van der Waals surface area contributed by atoms with E-state index in [1.54, 1.807) is 12.1 Å². The van der Waals surface area contributed by atoms with Crippen molar-refractivity contribution in [2.75, 3.05) is 24.8 Å². The number of hydrogen-bond acceptors (Lipinski definition) is 5. The third-order valence-corrected chi connectivity index (χ3v) is 3.50. The maximum atomic E-state index is 11.7. The zero-order chi connectivity index (χ0) is 14.8. The van der Waals surface area contributed by atoms with Crippen molar-refractivity contribution in [1.29, 1.82) is 0 Å². The van der Waals surface area contributed by atoms with Crippen LogP contribution in [-0.2, 0) is 4.74 Å². The van der Waals surface area contributed by atoms with Gasteiger partial charge < -0.3 is 20.5 Å². The van der Waals surface area contributed by atoms with Gasteiger partial charge in [0.1, 0.15) is 12.4 Å². The third kappa shape index (κ3) is 2.50. The average molecular weight is 284 g/mol. The summed E-state index contributed by atoms with van der Waals surface area (Å²) >= 11 is 0. The number of anilines is 2. The van der Waals surface area contributed by atoms with Gasteiger partial charge in [0.15, 0.2) is 0 Å². The van der Waals surface area contributed by atoms with E-state index in [0.717, 1.165) is 17.0 Å². The Hall–Kier alpha value is -2.69. The summed E-state index contributed by atoms with van der Waals surface area (Å²) in [6.45, 7) is 0.553. The van der Waals surface area contributed by atoms with Gasteiger partial charge in [0.05, 0.1) is 18.7 Å². The predicted molar refractivity (Wildman–Crippen MR) is 80.5 cm³/mol. The maximum absolute atomic E-state index is 11.7. The second kappa shape index (κ2) is 5.36. The number of rotatable bonds is 3. The minimum atomic E-state index is -0.445. The highest BCUT2D eigenvalue weighted by atomic mass is 16.5. The summed E-state index contributed by atoms with van der Waals surface area (Å²) in [6, 6.07) is 13.2. The number of carbonyl (C=O) groups is 1. The number of nitrogen functional groups attached to an aromatic ring is 1. The lowest BCUT2D eigenvalue weighted by molar-refractivity contribution is 0.0602. The topological polar surface area (TPSA) is 73.6 Å². The first-order chi connectivity index (χ1) is 10.2. The molecule has 0 radical (unpaired) electrons. The van der Waals surface area contributed by atoms with Gasteiger partial charge in [-0.05, 0) is 24.3 Å². The summed E-state index contributed by atoms with van der Waals surface area (Å²) in [4.78, 5) is 11.7. The number of fused-ring (bicyclic) bond motifs is 1. The van der Waals surface area contributed by atoms with Gasteiger partial charge in [-0.1, -0.05) is 18.2 Å². The number of carbonyl (C=O) groups excluding carboxylic acids is 1. The molecule has 0 aromatic heterocycles. The lowest BCUT2D eigenvalue weighted by Gasteiger charge is -2.14. The van der Waals surface area contributed by atoms with Crippen molar-refractivity contribution in [1.82, 2.24) is 0 Å². The smallest absolute Gasteiger partial charge is 0.340 e. The number of para-hydroxylation sites is 1. The molecule has 1 unspecified atom stereocenters. The monoisotopic (exact) mass is 284 g/mol. The fraction of sp³-hybridized carbons (Fsp3) is 0.188. The molecular formula is C16H16N2O3. The first kappa shape index (κ1) is 13.3. The number of esters is 1. The van der Waals surface area contributed by atoms with Crippen LogP contribution in [0.5, 0.6) is 5.75 Å². The minimum absolute atomic E-state index is 0.0512. The minimum Gasteiger partial charge on any atom is -0.491 e. The number of nitrogens with one attached hydrogen (secondary N) is 1. The highest BCUT2D eigenvalue weighted by Crippen LogP contribution is 2.34. The fourth-order valence-corrected chi connectivity index (χ4v) is 2.42. The number of hydrogen-bond donors (Lipinski definition) is 2. The Bertz CT molecular complexity index is 685. The Balaban J connectivity index is 1.85. The van der Waals surface area contributed by atoms with Crippen LogP contribution in [0, 0.1) is 0 Å². The van der Waals surface area contributed by atoms with Crippen LogP contribution in [0.25, 0.3) is 0 Å². The SMILES string of the molecule is COC(=O)c1cc(NC2COc3ccccc32)ccc1N. The Labute approximate surface area is 122 Å². The molecule has 0 saturated heterocycles. The van der Waals surface area contributed by atoms with Crippen molar-refractivity contribution in [3.63, 3.8) is 0 Å². The molecular weight excluding hydrogens is 268 g/mol. The fourth-order valence-electron chi connectivity index (χ4n) is 2.42. The molecule has 0 saturated carbocycles. The molecule has 0 amide bonds. The molecule has 5 heteroatoms. The zero-order valence-corrected chi connectivity index (χ0v) is 11.6. The van der Waals surface area contributed by atoms with Gasteiger partial charge in [0.25, 0.3) is 0 Å². The average Bonchev–Trinajstić information content (AvgIpc) is 2.92. The highest BCUT2D eigenvalue weighted by molar-refractivity contribution is 5.96. The van der Waals surface area contributed by atoms with Crippen LogP contribution in [0.15, 0.2) is 42.5 Å². The summed E-state index contributed by atoms with van der Waals surface area (Å²) in [6.07, 6.45) is 0. The normalized spacial score (nSPS) is 16.0. The summed E-state index contributed by atoms with van der Waals surface area (Å²) < 4.78 is 10.4. The molecule has 1 aliphatic heterocycles. The number of nitrogens with two attached hydrogens (primary N) is 1. The molecule has 108 valence electrons. The molecule has 1 aliphatic rings. The van der Waals surface area contributed by atoms with Crippen LogP contribution in [0.3, 0.4) is 0 Å². The molecule has 3 N–H and O–H groups in total. The molecule has 5 nitrogen and oxygen atoms in total. The Morgan fingerprint density at radius 3 is 2.95 bits per heavy atom. The van der Waals surface area contributed by atoms with Crippen LogP contribution in [0.2, 0.25) is 0 Å². The van der Waals surface area contributed by atoms with Crippen molar-refractivity contribution >= 4 is 17.3 Å². The number of benzene rings is 2. The van der Waals surface area contributed by atoms with Crippen molar-refractivity contribution in [3.8, 4) is 5.75 Å². The molecule has 1 atom stereocenters. The van der Waals surface area contributed by atoms with E-state index in [9.17, 15) is 4.79 Å². The number of methoxy groups -OCH3 is 1. The van der Waals surface area contributed by atoms with Crippen LogP contribution < -0.4 is 15.8 Å². The molecule has 0 bridgehead atoms. The van der Waals surface area contributed by atoms with Gasteiger partial charge in [-0.3, -0.25) is 0 Å². The summed E-state index contributed by atoms with van der Waals surface area (Å²) in [5, 5.41) is 3.36. The van der Waals surface area contributed by atoms with E-state index in [2.05, 4.69) is 5.32 Å². The molecule has 0 spiro atoms. The van der Waals surface area contributed by atoms with Crippen LogP contribution in [0.4, 0.5) is 11.4 Å². The Morgan fingerprint density at radius 1 is 1.33 bits per heavy atom. The molecule has 0 aliphatic carbocycles. The van der Waals surface area contributed by atoms with Gasteiger partial charge in [0.2, 0.25) is 0 Å². The maximum Gasteiger partial charge on any atom is 0.340 e. The molecule has 2 aromatic carbocycles. The zero-order valence-electron chi connectivity index (χ0n) is 11.6. The highest BCUT2D eigenvalue weighted by Gasteiger charge is 2.23. The lowest BCUT2D eigenvalue weighted by atomic mass is 10.1. The number of ether oxygens (including phenoxy) is 2. The van der Waals surface area contributed by atoms with Crippen LogP contribution in [0.1, 0.15) is 22.0 Å². The summed E-state index contributed by atoms with van der Waals surface area (Å²) in [5.41, 5.74) is 8.46. The molecule has 21 heavy (non-hydrogen) atoms. The van der Waals surface area contributed by atoms with Gasteiger partial charge in [-0.25, -0.2) is 4.79 Å². The van der Waals surface area contributed by atoms with Crippen molar-refractivity contribution in [2.45, 2.75) is 6.04 Å². The van der Waals surface area contributed by atoms with Gasteiger partial charge in [-0.2, -0.15) is 0 Å². The first-order valence-electron chi connectivity index (χ1n) is 6.65. The second-order valence-electron chi connectivity index (χ2n) is 4.84. The van der Waals surface area contributed by atoms with Crippen LogP contribution >= 0.6 is 0 Å². The molecule has 0 fully saturated rings. The Morgan fingerprint density at radius 2 is 2.14 bits per heavy atom. The quantitative estimate of drug-likeness (QED) is 0.669. The van der Waals surface area contributed by atoms with Gasteiger partial charge in [-0.15, -0.1) is 0 Å². The van der Waals surface area contributed by atoms with Crippen molar-refractivity contribution < 1.29 is 14.3 Å². The van der Waals surface area contributed by atoms with E-state index in [4.69, 9.17) is 15.2 Å². The lowest BCUT2D eigenvalue weighted by Crippen LogP contribution is -2.13. The van der Waals surface area contributed by atoms with E-state index >= 15 is 0 Å². The van der Waals surface area contributed by atoms with E-state index in [-0.39, 0.29) is 6.04 Å². The van der Waals surface area contributed by atoms with E-state index in [1.165, 1.54) is 7.11 Å².